The zero-order valence-corrected chi connectivity index (χ0v) is 16.7. The molecule has 162 valence electrons. The highest BCUT2D eigenvalue weighted by molar-refractivity contribution is 6.11. The molecule has 1 saturated heterocycles. The quantitative estimate of drug-likeness (QED) is 0.577. The van der Waals surface area contributed by atoms with Gasteiger partial charge in [-0.3, -0.25) is 14.5 Å². The number of ketones is 1. The third kappa shape index (κ3) is 4.23. The van der Waals surface area contributed by atoms with E-state index >= 15 is 0 Å². The lowest BCUT2D eigenvalue weighted by Gasteiger charge is -2.34. The van der Waals surface area contributed by atoms with Crippen LogP contribution in [-0.4, -0.2) is 50.6 Å². The van der Waals surface area contributed by atoms with Crippen LogP contribution in [-0.2, 0) is 4.79 Å². The summed E-state index contributed by atoms with van der Waals surface area (Å²) in [5.74, 6) is -3.51. The largest absolute Gasteiger partial charge is 0.424 e. The summed E-state index contributed by atoms with van der Waals surface area (Å²) in [6.45, 7) is 1.33. The Balaban J connectivity index is 1.41. The van der Waals surface area contributed by atoms with Crippen LogP contribution in [0.15, 0.2) is 36.5 Å². The molecule has 0 atom stereocenters. The molecule has 1 saturated carbocycles. The maximum atomic E-state index is 13.5. The molecule has 4 rings (SSSR count). The number of halogens is 2. The van der Waals surface area contributed by atoms with Crippen molar-refractivity contribution in [2.24, 2.45) is 0 Å². The molecule has 8 nitrogen and oxygen atoms in total. The number of carbonyl (C=O) groups is 3. The van der Waals surface area contributed by atoms with Crippen LogP contribution in [0, 0.1) is 6.92 Å². The van der Waals surface area contributed by atoms with Gasteiger partial charge in [-0.1, -0.05) is 0 Å². The Kier molecular flexibility index (Phi) is 5.16. The van der Waals surface area contributed by atoms with E-state index in [1.165, 1.54) is 12.1 Å². The molecule has 0 radical (unpaired) electrons. The summed E-state index contributed by atoms with van der Waals surface area (Å²) in [7, 11) is 0. The van der Waals surface area contributed by atoms with Crippen LogP contribution in [0.25, 0.3) is 0 Å². The van der Waals surface area contributed by atoms with E-state index < -0.39 is 48.6 Å². The molecular weight excluding hydrogens is 410 g/mol. The molecule has 1 aromatic carbocycles. The summed E-state index contributed by atoms with van der Waals surface area (Å²) in [5.41, 5.74) is -0.330. The number of hydrogen-bond acceptors (Lipinski definition) is 6. The molecule has 2 fully saturated rings. The standard InChI is InChI=1S/C21H20F2N4O4/c1-13-6-11-24-18(25-13)31-15-4-2-14(3-5-15)16(28)12-27-17(29)20(26-19(27)30)7-9-21(22,23)10-8-20/h2-6,11H,7-10,12H2,1H3,(H,26,30). The van der Waals surface area contributed by atoms with Crippen molar-refractivity contribution in [3.05, 3.63) is 47.8 Å². The molecule has 3 amide bonds. The van der Waals surface area contributed by atoms with Crippen LogP contribution >= 0.6 is 0 Å². The van der Waals surface area contributed by atoms with Crippen LogP contribution < -0.4 is 10.1 Å². The molecule has 2 aliphatic rings. The van der Waals surface area contributed by atoms with Crippen molar-refractivity contribution in [2.75, 3.05) is 6.54 Å². The van der Waals surface area contributed by atoms with E-state index in [-0.39, 0.29) is 24.4 Å². The number of aromatic nitrogens is 2. The Morgan fingerprint density at radius 3 is 2.45 bits per heavy atom. The summed E-state index contributed by atoms with van der Waals surface area (Å²) in [6.07, 6.45) is 0.304. The van der Waals surface area contributed by atoms with Gasteiger partial charge < -0.3 is 10.1 Å². The fourth-order valence-electron chi connectivity index (χ4n) is 3.73. The van der Waals surface area contributed by atoms with Crippen molar-refractivity contribution < 1.29 is 27.9 Å². The van der Waals surface area contributed by atoms with Gasteiger partial charge >= 0.3 is 12.0 Å². The summed E-state index contributed by atoms with van der Waals surface area (Å²) < 4.78 is 32.5. The number of hydrogen-bond donors (Lipinski definition) is 1. The van der Waals surface area contributed by atoms with Crippen molar-refractivity contribution in [3.63, 3.8) is 0 Å². The topological polar surface area (TPSA) is 101 Å². The summed E-state index contributed by atoms with van der Waals surface area (Å²) in [5, 5.41) is 2.52. The lowest BCUT2D eigenvalue weighted by atomic mass is 9.80. The Hall–Kier alpha value is -3.43. The van der Waals surface area contributed by atoms with E-state index in [9.17, 15) is 23.2 Å². The van der Waals surface area contributed by atoms with Crippen LogP contribution in [0.3, 0.4) is 0 Å². The number of imide groups is 1. The van der Waals surface area contributed by atoms with Crippen molar-refractivity contribution in [1.29, 1.82) is 0 Å². The van der Waals surface area contributed by atoms with Crippen molar-refractivity contribution in [2.45, 2.75) is 44.1 Å². The molecule has 0 bridgehead atoms. The van der Waals surface area contributed by atoms with Crippen LogP contribution in [0.4, 0.5) is 13.6 Å². The second-order valence-corrected chi connectivity index (χ2v) is 7.79. The van der Waals surface area contributed by atoms with Gasteiger partial charge in [-0.25, -0.2) is 23.5 Å². The smallest absolute Gasteiger partial charge is 0.325 e. The maximum Gasteiger partial charge on any atom is 0.325 e. The van der Waals surface area contributed by atoms with E-state index in [0.717, 1.165) is 10.6 Å². The van der Waals surface area contributed by atoms with E-state index in [1.807, 2.05) is 0 Å². The molecule has 0 unspecified atom stereocenters. The lowest BCUT2D eigenvalue weighted by molar-refractivity contribution is -0.135. The molecule has 1 aliphatic carbocycles. The minimum absolute atomic E-state index is 0.150. The summed E-state index contributed by atoms with van der Waals surface area (Å²) in [6, 6.07) is 7.27. The van der Waals surface area contributed by atoms with Gasteiger partial charge in [-0.15, -0.1) is 0 Å². The minimum Gasteiger partial charge on any atom is -0.424 e. The first-order valence-electron chi connectivity index (χ1n) is 9.80. The van der Waals surface area contributed by atoms with Crippen LogP contribution in [0.5, 0.6) is 11.8 Å². The van der Waals surface area contributed by atoms with Crippen LogP contribution in [0.1, 0.15) is 41.7 Å². The van der Waals surface area contributed by atoms with Crippen LogP contribution in [0.2, 0.25) is 0 Å². The van der Waals surface area contributed by atoms with Crippen molar-refractivity contribution in [1.82, 2.24) is 20.2 Å². The predicted octanol–water partition coefficient (Wildman–Crippen LogP) is 3.26. The Morgan fingerprint density at radius 2 is 1.81 bits per heavy atom. The molecule has 1 aromatic heterocycles. The molecular formula is C21H20F2N4O4. The van der Waals surface area contributed by atoms with E-state index in [0.29, 0.717) is 5.75 Å². The number of benzene rings is 1. The Labute approximate surface area is 176 Å². The Bertz CT molecular complexity index is 1030. The monoisotopic (exact) mass is 430 g/mol. The average Bonchev–Trinajstić information content (AvgIpc) is 2.95. The molecule has 31 heavy (non-hydrogen) atoms. The number of carbonyl (C=O) groups excluding carboxylic acids is 3. The fourth-order valence-corrected chi connectivity index (χ4v) is 3.73. The summed E-state index contributed by atoms with van der Waals surface area (Å²) >= 11 is 0. The second-order valence-electron chi connectivity index (χ2n) is 7.79. The van der Waals surface area contributed by atoms with Crippen molar-refractivity contribution in [3.8, 4) is 11.8 Å². The van der Waals surface area contributed by atoms with Gasteiger partial charge in [0.1, 0.15) is 11.3 Å². The lowest BCUT2D eigenvalue weighted by Crippen LogP contribution is -2.51. The predicted molar refractivity (Wildman–Crippen MR) is 104 cm³/mol. The van der Waals surface area contributed by atoms with Gasteiger partial charge in [0.25, 0.3) is 5.91 Å². The van der Waals surface area contributed by atoms with Gasteiger partial charge in [-0.2, -0.15) is 0 Å². The minimum atomic E-state index is -2.84. The number of nitrogens with zero attached hydrogens (tertiary/aromatic N) is 3. The first kappa shape index (κ1) is 20.8. The second kappa shape index (κ2) is 7.68. The van der Waals surface area contributed by atoms with E-state index in [4.69, 9.17) is 4.74 Å². The maximum absolute atomic E-state index is 13.5. The number of ether oxygens (including phenoxy) is 1. The zero-order valence-electron chi connectivity index (χ0n) is 16.7. The van der Waals surface area contributed by atoms with Gasteiger partial charge in [0.05, 0.1) is 6.54 Å². The van der Waals surface area contributed by atoms with Gasteiger partial charge in [-0.05, 0) is 50.1 Å². The third-order valence-electron chi connectivity index (χ3n) is 5.54. The SMILES string of the molecule is Cc1ccnc(Oc2ccc(C(=O)CN3C(=O)NC4(CCC(F)(F)CC4)C3=O)cc2)n1. The highest BCUT2D eigenvalue weighted by atomic mass is 19.3. The van der Waals surface area contributed by atoms with E-state index in [2.05, 4.69) is 15.3 Å². The van der Waals surface area contributed by atoms with Crippen molar-refractivity contribution >= 4 is 17.7 Å². The number of rotatable bonds is 5. The number of amides is 3. The molecule has 1 spiro atoms. The normalized spacial score (nSPS) is 19.4. The fraction of sp³-hybridized carbons (Fsp3) is 0.381. The number of alkyl halides is 2. The number of Topliss-reactive ketones (excluding diaryl/α,β-unsaturated/α-hetero) is 1. The first-order chi connectivity index (χ1) is 14.7. The first-order valence-corrected chi connectivity index (χ1v) is 9.80. The highest BCUT2D eigenvalue weighted by Crippen LogP contribution is 2.41. The summed E-state index contributed by atoms with van der Waals surface area (Å²) in [4.78, 5) is 46.6. The van der Waals surface area contributed by atoms with Gasteiger partial charge in [0.2, 0.25) is 5.92 Å². The number of nitrogens with one attached hydrogen (secondary N) is 1. The Morgan fingerprint density at radius 1 is 1.13 bits per heavy atom. The number of aryl methyl sites for hydroxylation is 1. The average molecular weight is 430 g/mol. The molecule has 2 aromatic rings. The number of urea groups is 1. The third-order valence-corrected chi connectivity index (χ3v) is 5.54. The highest BCUT2D eigenvalue weighted by Gasteiger charge is 2.55. The molecule has 1 aliphatic heterocycles. The molecule has 1 N–H and O–H groups in total. The molecule has 10 heteroatoms. The molecule has 2 heterocycles. The van der Waals surface area contributed by atoms with E-state index in [1.54, 1.807) is 31.3 Å². The van der Waals surface area contributed by atoms with Gasteiger partial charge in [0, 0.05) is 30.3 Å². The zero-order chi connectivity index (χ0) is 22.2. The van der Waals surface area contributed by atoms with Gasteiger partial charge in [0.15, 0.2) is 5.78 Å².